The molecular formula is C20H30O2. The minimum atomic E-state index is -2.30. The molecule has 4 aliphatic rings. The largest absolute Gasteiger partial charge is 0.389 e. The molecule has 0 saturated heterocycles. The third kappa shape index (κ3) is 1.85. The first kappa shape index (κ1) is 9.61. The quantitative estimate of drug-likeness (QED) is 0.785. The van der Waals surface area contributed by atoms with Gasteiger partial charge in [-0.05, 0) is 86.4 Å². The Bertz CT molecular complexity index is 764. The lowest BCUT2D eigenvalue weighted by Gasteiger charge is -2.55. The highest BCUT2D eigenvalue weighted by Gasteiger charge is 2.61. The standard InChI is InChI=1S/C20H30O2/c1-3-20(22)11-9-18-17-6-4-13-12-14(21)5-7-15(13)16(17)8-10-19(18,20)2/h12,15-18,22H,3-11H2,1-2H3/t15-,16+,17+,18-,19-,20-/m0/s1/i4D2,5D2,12D,15D. The summed E-state index contributed by atoms with van der Waals surface area (Å²) >= 11 is 0. The van der Waals surface area contributed by atoms with Crippen molar-refractivity contribution in [3.63, 3.8) is 0 Å². The summed E-state index contributed by atoms with van der Waals surface area (Å²) in [6, 6.07) is -0.625. The van der Waals surface area contributed by atoms with Crippen LogP contribution < -0.4 is 0 Å². The van der Waals surface area contributed by atoms with Crippen LogP contribution in [0.5, 0.6) is 0 Å². The van der Waals surface area contributed by atoms with Crippen molar-refractivity contribution in [3.05, 3.63) is 11.6 Å². The number of aliphatic hydroxyl groups is 1. The topological polar surface area (TPSA) is 37.3 Å². The van der Waals surface area contributed by atoms with Crippen molar-refractivity contribution in [3.8, 4) is 0 Å². The van der Waals surface area contributed by atoms with Crippen LogP contribution in [-0.2, 0) is 4.79 Å². The van der Waals surface area contributed by atoms with Gasteiger partial charge in [-0.15, -0.1) is 0 Å². The van der Waals surface area contributed by atoms with Gasteiger partial charge in [-0.3, -0.25) is 4.79 Å². The summed E-state index contributed by atoms with van der Waals surface area (Å²) in [6.45, 7) is 4.09. The maximum Gasteiger partial charge on any atom is 0.155 e. The number of fused-ring (bicyclic) bond motifs is 5. The van der Waals surface area contributed by atoms with E-state index in [4.69, 9.17) is 6.85 Å². The zero-order chi connectivity index (χ0) is 20.9. The average Bonchev–Trinajstić information content (AvgIpc) is 2.84. The van der Waals surface area contributed by atoms with Gasteiger partial charge in [0, 0.05) is 13.2 Å². The van der Waals surface area contributed by atoms with Crippen LogP contribution >= 0.6 is 0 Å². The smallest absolute Gasteiger partial charge is 0.155 e. The molecule has 6 atom stereocenters. The fourth-order valence-corrected chi connectivity index (χ4v) is 5.89. The second-order valence-corrected chi connectivity index (χ2v) is 7.85. The van der Waals surface area contributed by atoms with E-state index in [1.54, 1.807) is 0 Å². The molecule has 0 aromatic rings. The van der Waals surface area contributed by atoms with E-state index >= 15 is 0 Å². The third-order valence-electron chi connectivity index (χ3n) is 7.30. The molecule has 1 N–H and O–H groups in total. The van der Waals surface area contributed by atoms with Gasteiger partial charge in [0.05, 0.1) is 6.97 Å². The van der Waals surface area contributed by atoms with Crippen LogP contribution in [0.2, 0.25) is 0 Å². The molecule has 2 nitrogen and oxygen atoms in total. The monoisotopic (exact) mass is 308 g/mol. The fraction of sp³-hybridized carbons (Fsp3) is 0.850. The number of allylic oxidation sites excluding steroid dienone is 1. The predicted molar refractivity (Wildman–Crippen MR) is 87.3 cm³/mol. The van der Waals surface area contributed by atoms with Crippen LogP contribution in [0.15, 0.2) is 11.6 Å². The van der Waals surface area contributed by atoms with Crippen molar-refractivity contribution < 1.29 is 18.1 Å². The lowest BCUT2D eigenvalue weighted by molar-refractivity contribution is -0.122. The van der Waals surface area contributed by atoms with Crippen LogP contribution in [0.1, 0.15) is 79.8 Å². The summed E-state index contributed by atoms with van der Waals surface area (Å²) in [7, 11) is 0. The average molecular weight is 308 g/mol. The van der Waals surface area contributed by atoms with Gasteiger partial charge in [0.25, 0.3) is 0 Å². The molecule has 3 fully saturated rings. The molecule has 2 heteroatoms. The van der Waals surface area contributed by atoms with Crippen LogP contribution in [0, 0.1) is 29.1 Å². The zero-order valence-corrected chi connectivity index (χ0v) is 13.5. The number of hydrogen-bond acceptors (Lipinski definition) is 2. The molecule has 0 amide bonds. The Hall–Kier alpha value is -0.630. The first-order valence-electron chi connectivity index (χ1n) is 11.7. The first-order valence-corrected chi connectivity index (χ1v) is 8.72. The number of carbonyl (C=O) groups is 1. The summed E-state index contributed by atoms with van der Waals surface area (Å²) in [5.41, 5.74) is -1.21. The molecule has 0 unspecified atom stereocenters. The Morgan fingerprint density at radius 2 is 2.14 bits per heavy atom. The van der Waals surface area contributed by atoms with Crippen LogP contribution in [-0.4, -0.2) is 16.5 Å². The van der Waals surface area contributed by atoms with E-state index < -0.39 is 36.1 Å². The fourth-order valence-electron chi connectivity index (χ4n) is 5.89. The van der Waals surface area contributed by atoms with E-state index in [-0.39, 0.29) is 41.6 Å². The highest BCUT2D eigenvalue weighted by atomic mass is 16.3. The van der Waals surface area contributed by atoms with Crippen LogP contribution in [0.4, 0.5) is 0 Å². The van der Waals surface area contributed by atoms with Crippen LogP contribution in [0.25, 0.3) is 0 Å². The maximum absolute atomic E-state index is 12.3. The summed E-state index contributed by atoms with van der Waals surface area (Å²) < 4.78 is 50.9. The summed E-state index contributed by atoms with van der Waals surface area (Å²) in [5, 5.41) is 11.2. The van der Waals surface area contributed by atoms with E-state index in [1.165, 1.54) is 0 Å². The van der Waals surface area contributed by atoms with Gasteiger partial charge in [-0.2, -0.15) is 0 Å². The van der Waals surface area contributed by atoms with Crippen molar-refractivity contribution in [2.24, 2.45) is 29.1 Å². The summed E-state index contributed by atoms with van der Waals surface area (Å²) in [6.07, 6.45) is -1.09. The molecule has 4 rings (SSSR count). The number of rotatable bonds is 1. The van der Waals surface area contributed by atoms with Crippen molar-refractivity contribution >= 4 is 5.78 Å². The van der Waals surface area contributed by atoms with E-state index in [9.17, 15) is 11.3 Å². The van der Waals surface area contributed by atoms with E-state index in [1.807, 2.05) is 6.92 Å². The van der Waals surface area contributed by atoms with Gasteiger partial charge in [0.1, 0.15) is 0 Å². The number of carbonyl (C=O) groups excluding carboxylic acids is 1. The van der Waals surface area contributed by atoms with Crippen molar-refractivity contribution in [2.75, 3.05) is 0 Å². The van der Waals surface area contributed by atoms with Crippen molar-refractivity contribution in [1.29, 1.82) is 0 Å². The third-order valence-corrected chi connectivity index (χ3v) is 7.30. The molecule has 0 aliphatic heterocycles. The first-order chi connectivity index (χ1) is 12.7. The zero-order valence-electron chi connectivity index (χ0n) is 19.5. The Kier molecular flexibility index (Phi) is 2.15. The highest BCUT2D eigenvalue weighted by Crippen LogP contribution is 2.65. The number of ketones is 1. The van der Waals surface area contributed by atoms with Crippen LogP contribution in [0.3, 0.4) is 0 Å². The molecule has 0 aromatic heterocycles. The van der Waals surface area contributed by atoms with E-state index in [0.29, 0.717) is 25.7 Å². The van der Waals surface area contributed by atoms with E-state index in [0.717, 1.165) is 6.42 Å². The Labute approximate surface area is 142 Å². The lowest BCUT2D eigenvalue weighted by Crippen LogP contribution is -2.52. The normalized spacial score (nSPS) is 63.2. The van der Waals surface area contributed by atoms with Gasteiger partial charge in [-0.1, -0.05) is 19.4 Å². The van der Waals surface area contributed by atoms with E-state index in [2.05, 4.69) is 6.92 Å². The molecule has 0 aromatic carbocycles. The van der Waals surface area contributed by atoms with Gasteiger partial charge in [-0.25, -0.2) is 0 Å². The minimum Gasteiger partial charge on any atom is -0.389 e. The Morgan fingerprint density at radius 1 is 1.32 bits per heavy atom. The molecule has 0 radical (unpaired) electrons. The molecule has 22 heavy (non-hydrogen) atoms. The molecule has 4 aliphatic carbocycles. The van der Waals surface area contributed by atoms with Gasteiger partial charge < -0.3 is 5.11 Å². The van der Waals surface area contributed by atoms with Gasteiger partial charge >= 0.3 is 0 Å². The second kappa shape index (κ2) is 4.93. The Balaban J connectivity index is 1.84. The maximum atomic E-state index is 12.3. The second-order valence-electron chi connectivity index (χ2n) is 7.85. The molecular weight excluding hydrogens is 272 g/mol. The molecule has 122 valence electrons. The van der Waals surface area contributed by atoms with Gasteiger partial charge in [0.15, 0.2) is 5.78 Å². The Morgan fingerprint density at radius 3 is 2.91 bits per heavy atom. The SMILES string of the molecule is [2H]C1=C2C([2H])([2H])C[C@@H]3[C@H](CC[C@@]4(C)[C@H]3CC[C@@]4(O)CC)[C@@]2([2H])CC([2H])([2H])C1=O. The molecule has 0 spiro atoms. The molecule has 0 bridgehead atoms. The molecule has 0 heterocycles. The minimum absolute atomic E-state index is 0.0766. The van der Waals surface area contributed by atoms with Crippen molar-refractivity contribution in [1.82, 2.24) is 0 Å². The summed E-state index contributed by atoms with van der Waals surface area (Å²) in [5.74, 6) is -2.92. The van der Waals surface area contributed by atoms with Crippen molar-refractivity contribution in [2.45, 2.75) is 77.1 Å². The molecule has 3 saturated carbocycles. The van der Waals surface area contributed by atoms with Gasteiger partial charge in [0.2, 0.25) is 0 Å². The highest BCUT2D eigenvalue weighted by molar-refractivity contribution is 5.91. The predicted octanol–water partition coefficient (Wildman–Crippen LogP) is 4.27. The summed E-state index contributed by atoms with van der Waals surface area (Å²) in [4.78, 5) is 12.3. The number of hydrogen-bond donors (Lipinski definition) is 1. The lowest BCUT2D eigenvalue weighted by atomic mass is 9.50.